The molecule has 0 bridgehead atoms. The van der Waals surface area contributed by atoms with Crippen LogP contribution in [0.1, 0.15) is 25.0 Å². The van der Waals surface area contributed by atoms with Crippen LogP contribution in [0.4, 0.5) is 10.3 Å². The van der Waals surface area contributed by atoms with Gasteiger partial charge in [0.05, 0.1) is 11.4 Å². The number of rotatable bonds is 4. The van der Waals surface area contributed by atoms with Crippen molar-refractivity contribution in [3.05, 3.63) is 65.7 Å². The molecule has 3 heterocycles. The van der Waals surface area contributed by atoms with Crippen molar-refractivity contribution in [2.75, 3.05) is 19.8 Å². The third-order valence-electron chi connectivity index (χ3n) is 4.49. The highest BCUT2D eigenvalue weighted by molar-refractivity contribution is 5.81. The smallest absolute Gasteiger partial charge is 0.220 e. The van der Waals surface area contributed by atoms with Gasteiger partial charge in [-0.3, -0.25) is 4.40 Å². The Morgan fingerprint density at radius 3 is 2.50 bits per heavy atom. The number of imidazole rings is 1. The number of hydrogen-bond acceptors (Lipinski definition) is 5. The number of anilines is 1. The second kappa shape index (κ2) is 9.00. The molecule has 4 aromatic rings. The molecule has 7 heteroatoms. The summed E-state index contributed by atoms with van der Waals surface area (Å²) in [5, 5.41) is 0. The number of benzene rings is 1. The van der Waals surface area contributed by atoms with E-state index in [2.05, 4.69) is 14.9 Å². The SMILES string of the molecule is CC.Cc1ccc(-c2nc3cc(CN(C)C)ccn3c2-c2ccnc(N)n2)c(F)c1. The summed E-state index contributed by atoms with van der Waals surface area (Å²) < 4.78 is 16.7. The quantitative estimate of drug-likeness (QED) is 0.537. The Morgan fingerprint density at radius 2 is 1.83 bits per heavy atom. The standard InChI is InChI=1S/C21H21FN6.C2H6/c1-13-4-5-15(16(22)10-13)19-20(17-6-8-24-21(23)25-17)28-9-7-14(12-27(2)3)11-18(28)26-19;1-2/h4-11H,12H2,1-3H3,(H2,23,24,25);1-2H3. The summed E-state index contributed by atoms with van der Waals surface area (Å²) in [4.78, 5) is 15.1. The van der Waals surface area contributed by atoms with E-state index in [1.807, 2.05) is 63.7 Å². The van der Waals surface area contributed by atoms with E-state index in [1.165, 1.54) is 6.07 Å². The number of fused-ring (bicyclic) bond motifs is 1. The van der Waals surface area contributed by atoms with Crippen LogP contribution >= 0.6 is 0 Å². The molecule has 2 N–H and O–H groups in total. The Bertz CT molecular complexity index is 1170. The molecule has 0 aliphatic carbocycles. The minimum atomic E-state index is -0.319. The van der Waals surface area contributed by atoms with E-state index >= 15 is 0 Å². The highest BCUT2D eigenvalue weighted by Gasteiger charge is 2.20. The molecule has 156 valence electrons. The maximum Gasteiger partial charge on any atom is 0.220 e. The summed E-state index contributed by atoms with van der Waals surface area (Å²) in [5.74, 6) is -0.160. The monoisotopic (exact) mass is 406 g/mol. The fourth-order valence-corrected chi connectivity index (χ4v) is 3.30. The molecule has 0 atom stereocenters. The van der Waals surface area contributed by atoms with Gasteiger partial charge < -0.3 is 10.6 Å². The number of nitrogen functional groups attached to an aromatic ring is 1. The topological polar surface area (TPSA) is 72.3 Å². The average Bonchev–Trinajstić information content (AvgIpc) is 3.07. The zero-order valence-electron chi connectivity index (χ0n) is 18.0. The van der Waals surface area contributed by atoms with Gasteiger partial charge in [0.15, 0.2) is 0 Å². The van der Waals surface area contributed by atoms with Crippen LogP contribution < -0.4 is 5.73 Å². The van der Waals surface area contributed by atoms with Gasteiger partial charge in [0.1, 0.15) is 17.2 Å². The average molecular weight is 407 g/mol. The summed E-state index contributed by atoms with van der Waals surface area (Å²) >= 11 is 0. The van der Waals surface area contributed by atoms with Crippen molar-refractivity contribution in [2.45, 2.75) is 27.3 Å². The summed E-state index contributed by atoms with van der Waals surface area (Å²) in [6.45, 7) is 6.64. The first-order valence-corrected chi connectivity index (χ1v) is 9.93. The molecule has 0 spiro atoms. The molecule has 0 radical (unpaired) electrons. The lowest BCUT2D eigenvalue weighted by Gasteiger charge is -2.10. The Morgan fingerprint density at radius 1 is 1.07 bits per heavy atom. The van der Waals surface area contributed by atoms with Gasteiger partial charge in [-0.2, -0.15) is 0 Å². The first kappa shape index (κ1) is 21.4. The van der Waals surface area contributed by atoms with Crippen molar-refractivity contribution in [2.24, 2.45) is 0 Å². The Hall–Kier alpha value is -3.32. The molecule has 3 aromatic heterocycles. The molecule has 0 fully saturated rings. The van der Waals surface area contributed by atoms with Crippen LogP contribution in [0.25, 0.3) is 28.3 Å². The van der Waals surface area contributed by atoms with Crippen molar-refractivity contribution in [3.63, 3.8) is 0 Å². The largest absolute Gasteiger partial charge is 0.368 e. The van der Waals surface area contributed by atoms with Crippen molar-refractivity contribution >= 4 is 11.6 Å². The predicted molar refractivity (Wildman–Crippen MR) is 120 cm³/mol. The van der Waals surface area contributed by atoms with Crippen LogP contribution in [0.2, 0.25) is 0 Å². The van der Waals surface area contributed by atoms with Crippen LogP contribution in [-0.2, 0) is 6.54 Å². The molecule has 0 aliphatic rings. The molecule has 0 saturated carbocycles. The van der Waals surface area contributed by atoms with Crippen LogP contribution in [-0.4, -0.2) is 38.3 Å². The van der Waals surface area contributed by atoms with E-state index in [-0.39, 0.29) is 11.8 Å². The molecule has 0 aliphatic heterocycles. The normalized spacial score (nSPS) is 10.9. The maximum atomic E-state index is 14.8. The summed E-state index contributed by atoms with van der Waals surface area (Å²) in [6.07, 6.45) is 3.52. The summed E-state index contributed by atoms with van der Waals surface area (Å²) in [7, 11) is 4.02. The molecule has 0 unspecified atom stereocenters. The number of aryl methyl sites for hydroxylation is 1. The molecule has 30 heavy (non-hydrogen) atoms. The lowest BCUT2D eigenvalue weighted by atomic mass is 10.1. The van der Waals surface area contributed by atoms with E-state index in [9.17, 15) is 4.39 Å². The third-order valence-corrected chi connectivity index (χ3v) is 4.49. The third kappa shape index (κ3) is 4.31. The molecular weight excluding hydrogens is 379 g/mol. The Balaban J connectivity index is 0.00000124. The fourth-order valence-electron chi connectivity index (χ4n) is 3.30. The number of nitrogens with two attached hydrogens (primary N) is 1. The maximum absolute atomic E-state index is 14.8. The molecule has 1 aromatic carbocycles. The van der Waals surface area contributed by atoms with Crippen LogP contribution in [0.15, 0.2) is 48.8 Å². The Kier molecular flexibility index (Phi) is 6.42. The predicted octanol–water partition coefficient (Wildman–Crippen LogP) is 4.58. The molecule has 4 rings (SSSR count). The van der Waals surface area contributed by atoms with E-state index < -0.39 is 0 Å². The van der Waals surface area contributed by atoms with Crippen molar-refractivity contribution in [1.82, 2.24) is 24.3 Å². The van der Waals surface area contributed by atoms with Gasteiger partial charge >= 0.3 is 0 Å². The molecule has 0 amide bonds. The zero-order valence-corrected chi connectivity index (χ0v) is 18.0. The van der Waals surface area contributed by atoms with Crippen LogP contribution in [0.5, 0.6) is 0 Å². The van der Waals surface area contributed by atoms with Crippen molar-refractivity contribution in [3.8, 4) is 22.6 Å². The number of hydrogen-bond donors (Lipinski definition) is 1. The van der Waals surface area contributed by atoms with Gasteiger partial charge in [-0.05, 0) is 62.5 Å². The minimum Gasteiger partial charge on any atom is -0.368 e. The Labute approximate surface area is 176 Å². The van der Waals surface area contributed by atoms with Crippen LogP contribution in [0.3, 0.4) is 0 Å². The van der Waals surface area contributed by atoms with Crippen molar-refractivity contribution in [1.29, 1.82) is 0 Å². The van der Waals surface area contributed by atoms with Gasteiger partial charge in [0.2, 0.25) is 5.95 Å². The highest BCUT2D eigenvalue weighted by Crippen LogP contribution is 2.34. The second-order valence-corrected chi connectivity index (χ2v) is 7.09. The molecule has 6 nitrogen and oxygen atoms in total. The number of pyridine rings is 1. The molecule has 0 saturated heterocycles. The number of aromatic nitrogens is 4. The van der Waals surface area contributed by atoms with E-state index in [1.54, 1.807) is 18.3 Å². The van der Waals surface area contributed by atoms with E-state index in [4.69, 9.17) is 10.7 Å². The lowest BCUT2D eigenvalue weighted by Crippen LogP contribution is -2.10. The highest BCUT2D eigenvalue weighted by atomic mass is 19.1. The minimum absolute atomic E-state index is 0.159. The van der Waals surface area contributed by atoms with Crippen molar-refractivity contribution < 1.29 is 4.39 Å². The summed E-state index contributed by atoms with van der Waals surface area (Å²) in [6, 6.07) is 10.9. The first-order valence-electron chi connectivity index (χ1n) is 9.93. The molecular formula is C23H27FN6. The lowest BCUT2D eigenvalue weighted by molar-refractivity contribution is 0.402. The van der Waals surface area contributed by atoms with Gasteiger partial charge in [-0.1, -0.05) is 19.9 Å². The first-order chi connectivity index (χ1) is 14.4. The van der Waals surface area contributed by atoms with Gasteiger partial charge in [-0.15, -0.1) is 0 Å². The fraction of sp³-hybridized carbons (Fsp3) is 0.261. The number of nitrogens with zero attached hydrogens (tertiary/aromatic N) is 5. The van der Waals surface area contributed by atoms with E-state index in [0.717, 1.165) is 23.3 Å². The number of halogens is 1. The second-order valence-electron chi connectivity index (χ2n) is 7.09. The van der Waals surface area contributed by atoms with Crippen LogP contribution in [0, 0.1) is 12.7 Å². The summed E-state index contributed by atoms with van der Waals surface area (Å²) in [5.41, 5.74) is 10.7. The van der Waals surface area contributed by atoms with Gasteiger partial charge in [-0.25, -0.2) is 19.3 Å². The van der Waals surface area contributed by atoms with E-state index in [0.29, 0.717) is 22.6 Å². The van der Waals surface area contributed by atoms with Gasteiger partial charge in [0, 0.05) is 24.5 Å². The van der Waals surface area contributed by atoms with Gasteiger partial charge in [0.25, 0.3) is 0 Å². The zero-order chi connectivity index (χ0) is 21.8.